The number of amides is 4. The molecule has 0 spiro atoms. The molecular weight excluding hydrogens is 700 g/mol. The maximum atomic E-state index is 13.4. The number of piperidine rings is 2. The summed E-state index contributed by atoms with van der Waals surface area (Å²) in [6, 6.07) is 6.28. The minimum Gasteiger partial charge on any atom is -0.343 e. The highest BCUT2D eigenvalue weighted by molar-refractivity contribution is 9.10. The molecular formula is C32H35Br2ClN4O4. The van der Waals surface area contributed by atoms with Crippen LogP contribution in [0.1, 0.15) is 73.2 Å². The molecule has 0 radical (unpaired) electrons. The Morgan fingerprint density at radius 2 is 1.47 bits per heavy atom. The van der Waals surface area contributed by atoms with Crippen LogP contribution >= 0.6 is 43.5 Å². The zero-order valence-electron chi connectivity index (χ0n) is 24.0. The molecule has 1 aliphatic carbocycles. The summed E-state index contributed by atoms with van der Waals surface area (Å²) < 4.78 is 2.01. The molecule has 228 valence electrons. The zero-order valence-corrected chi connectivity index (χ0v) is 27.9. The highest BCUT2D eigenvalue weighted by Gasteiger charge is 2.37. The summed E-state index contributed by atoms with van der Waals surface area (Å²) in [5.41, 5.74) is 4.94. The molecule has 8 nitrogen and oxygen atoms in total. The first kappa shape index (κ1) is 30.7. The number of likely N-dealkylation sites (tertiary alicyclic amines) is 3. The number of carbonyl (C=O) groups is 4. The number of imide groups is 1. The molecule has 3 fully saturated rings. The monoisotopic (exact) mass is 732 g/mol. The Morgan fingerprint density at radius 3 is 2.16 bits per heavy atom. The molecule has 2 aromatic rings. The van der Waals surface area contributed by atoms with Gasteiger partial charge in [0.1, 0.15) is 6.54 Å². The van der Waals surface area contributed by atoms with Crippen LogP contribution in [-0.4, -0.2) is 76.0 Å². The number of nitrogens with zero attached hydrogens (tertiary/aromatic N) is 4. The second-order valence-corrected chi connectivity index (χ2v) is 14.5. The summed E-state index contributed by atoms with van der Waals surface area (Å²) in [5.74, 6) is 0.189. The standard InChI is InChI=1S/C32H35Br2ClN4O4/c33-23-14-22-2-1-21-15-24(35)16-25(34)30(21)31(32(22)36-17-23)20-7-11-37(12-8-20)28(42)13-19-5-9-38(10-6-19)29(43)18-39-26(40)3-4-27(39)41/h14-17,19-20,31H,1-13,18H2/t31-/m1/s1. The molecule has 0 unspecified atom stereocenters. The van der Waals surface area contributed by atoms with E-state index in [0.717, 1.165) is 76.2 Å². The van der Waals surface area contributed by atoms with E-state index in [0.29, 0.717) is 25.4 Å². The van der Waals surface area contributed by atoms with Gasteiger partial charge in [0.05, 0.1) is 5.69 Å². The lowest BCUT2D eigenvalue weighted by atomic mass is 9.76. The summed E-state index contributed by atoms with van der Waals surface area (Å²) in [4.78, 5) is 59.6. The summed E-state index contributed by atoms with van der Waals surface area (Å²) >= 11 is 13.9. The minimum atomic E-state index is -0.267. The van der Waals surface area contributed by atoms with E-state index in [4.69, 9.17) is 16.6 Å². The number of carbonyl (C=O) groups excluding carboxylic acids is 4. The van der Waals surface area contributed by atoms with Gasteiger partial charge in [-0.3, -0.25) is 29.1 Å². The quantitative estimate of drug-likeness (QED) is 0.379. The Morgan fingerprint density at radius 1 is 0.837 bits per heavy atom. The maximum absolute atomic E-state index is 13.4. The highest BCUT2D eigenvalue weighted by Crippen LogP contribution is 2.46. The highest BCUT2D eigenvalue weighted by atomic mass is 79.9. The Kier molecular flexibility index (Phi) is 9.27. The molecule has 4 aliphatic rings. The van der Waals surface area contributed by atoms with Gasteiger partial charge in [-0.2, -0.15) is 0 Å². The molecule has 0 bridgehead atoms. The van der Waals surface area contributed by atoms with E-state index < -0.39 is 0 Å². The lowest BCUT2D eigenvalue weighted by Crippen LogP contribution is -2.46. The van der Waals surface area contributed by atoms with Gasteiger partial charge in [-0.25, -0.2) is 0 Å². The van der Waals surface area contributed by atoms with Gasteiger partial charge in [0, 0.05) is 71.5 Å². The number of fused-ring (bicyclic) bond motifs is 2. The summed E-state index contributed by atoms with van der Waals surface area (Å²) in [5, 5.41) is 0.733. The molecule has 1 aromatic heterocycles. The Bertz CT molecular complexity index is 1440. The molecule has 1 aromatic carbocycles. The Hall–Kier alpha value is -2.30. The van der Waals surface area contributed by atoms with Crippen LogP contribution in [0.4, 0.5) is 0 Å². The number of hydrogen-bond donors (Lipinski definition) is 0. The van der Waals surface area contributed by atoms with E-state index in [2.05, 4.69) is 44.0 Å². The lowest BCUT2D eigenvalue weighted by molar-refractivity contribution is -0.146. The van der Waals surface area contributed by atoms with Gasteiger partial charge in [0.15, 0.2) is 0 Å². The van der Waals surface area contributed by atoms with Crippen LogP contribution in [0.25, 0.3) is 0 Å². The molecule has 4 heterocycles. The van der Waals surface area contributed by atoms with Crippen molar-refractivity contribution in [2.75, 3.05) is 32.7 Å². The van der Waals surface area contributed by atoms with Crippen molar-refractivity contribution >= 4 is 67.1 Å². The Balaban J connectivity index is 1.06. The first-order valence-electron chi connectivity index (χ1n) is 15.2. The number of halogens is 3. The van der Waals surface area contributed by atoms with E-state index in [9.17, 15) is 19.2 Å². The fraction of sp³-hybridized carbons (Fsp3) is 0.531. The van der Waals surface area contributed by atoms with Gasteiger partial charge in [-0.15, -0.1) is 0 Å². The number of rotatable bonds is 5. The third-order valence-electron chi connectivity index (χ3n) is 9.66. The van der Waals surface area contributed by atoms with Crippen LogP contribution in [0, 0.1) is 11.8 Å². The van der Waals surface area contributed by atoms with Crippen LogP contribution in [0.5, 0.6) is 0 Å². The summed E-state index contributed by atoms with van der Waals surface area (Å²) in [6.07, 6.45) is 7.90. The second kappa shape index (κ2) is 13.0. The molecule has 6 rings (SSSR count). The molecule has 1 atom stereocenters. The van der Waals surface area contributed by atoms with Crippen LogP contribution in [0.3, 0.4) is 0 Å². The largest absolute Gasteiger partial charge is 0.343 e. The number of pyridine rings is 1. The molecule has 3 saturated heterocycles. The van der Waals surface area contributed by atoms with Gasteiger partial charge in [-0.05, 0) is 101 Å². The van der Waals surface area contributed by atoms with E-state index in [1.165, 1.54) is 16.7 Å². The van der Waals surface area contributed by atoms with E-state index >= 15 is 0 Å². The molecule has 0 N–H and O–H groups in total. The smallest absolute Gasteiger partial charge is 0.242 e. The van der Waals surface area contributed by atoms with Crippen LogP contribution < -0.4 is 0 Å². The van der Waals surface area contributed by atoms with Gasteiger partial charge in [-0.1, -0.05) is 27.5 Å². The fourth-order valence-electron chi connectivity index (χ4n) is 7.31. The second-order valence-electron chi connectivity index (χ2n) is 12.3. The maximum Gasteiger partial charge on any atom is 0.242 e. The Labute approximate surface area is 273 Å². The molecule has 43 heavy (non-hydrogen) atoms. The van der Waals surface area contributed by atoms with Crippen molar-refractivity contribution in [2.45, 2.75) is 63.7 Å². The van der Waals surface area contributed by atoms with Crippen LogP contribution in [0.2, 0.25) is 5.02 Å². The average Bonchev–Trinajstić information content (AvgIpc) is 3.20. The first-order valence-corrected chi connectivity index (χ1v) is 17.1. The van der Waals surface area contributed by atoms with Crippen molar-refractivity contribution in [3.8, 4) is 0 Å². The van der Waals surface area contributed by atoms with Gasteiger partial charge in [0.2, 0.25) is 23.6 Å². The van der Waals surface area contributed by atoms with E-state index in [1.807, 2.05) is 17.2 Å². The number of aryl methyl sites for hydroxylation is 2. The third-order valence-corrected chi connectivity index (χ3v) is 11.0. The SMILES string of the molecule is O=C(CC1CCN(C(=O)CN2C(=O)CCC2=O)CC1)N1CCC([C@H]2c3ncc(Br)cc3CCc3cc(Cl)cc(Br)c32)CC1. The zero-order chi connectivity index (χ0) is 30.2. The van der Waals surface area contributed by atoms with Crippen LogP contribution in [0.15, 0.2) is 33.3 Å². The summed E-state index contributed by atoms with van der Waals surface area (Å²) in [6.45, 7) is 2.39. The van der Waals surface area contributed by atoms with Crippen molar-refractivity contribution in [1.82, 2.24) is 19.7 Å². The van der Waals surface area contributed by atoms with Crippen LogP contribution in [-0.2, 0) is 32.0 Å². The number of benzene rings is 1. The molecule has 0 saturated carbocycles. The topological polar surface area (TPSA) is 90.9 Å². The predicted molar refractivity (Wildman–Crippen MR) is 170 cm³/mol. The summed E-state index contributed by atoms with van der Waals surface area (Å²) in [7, 11) is 0. The lowest BCUT2D eigenvalue weighted by Gasteiger charge is -2.38. The van der Waals surface area contributed by atoms with Crippen molar-refractivity contribution in [1.29, 1.82) is 0 Å². The van der Waals surface area contributed by atoms with Gasteiger partial charge >= 0.3 is 0 Å². The molecule has 3 aliphatic heterocycles. The average molecular weight is 735 g/mol. The van der Waals surface area contributed by atoms with Gasteiger partial charge in [0.25, 0.3) is 0 Å². The van der Waals surface area contributed by atoms with E-state index in [1.54, 1.807) is 4.90 Å². The van der Waals surface area contributed by atoms with Gasteiger partial charge < -0.3 is 9.80 Å². The normalized spacial score (nSPS) is 21.6. The predicted octanol–water partition coefficient (Wildman–Crippen LogP) is 5.51. The molecule has 4 amide bonds. The minimum absolute atomic E-state index is 0.137. The number of hydrogen-bond acceptors (Lipinski definition) is 5. The van der Waals surface area contributed by atoms with Crippen molar-refractivity contribution < 1.29 is 19.2 Å². The third kappa shape index (κ3) is 6.57. The number of aromatic nitrogens is 1. The van der Waals surface area contributed by atoms with Crippen molar-refractivity contribution in [3.63, 3.8) is 0 Å². The first-order chi connectivity index (χ1) is 20.7. The van der Waals surface area contributed by atoms with Crippen molar-refractivity contribution in [3.05, 3.63) is 60.7 Å². The fourth-order valence-corrected chi connectivity index (χ4v) is 8.81. The van der Waals surface area contributed by atoms with E-state index in [-0.39, 0.29) is 54.9 Å². The molecule has 11 heteroatoms. The van der Waals surface area contributed by atoms with Crippen molar-refractivity contribution in [2.24, 2.45) is 11.8 Å².